The predicted molar refractivity (Wildman–Crippen MR) is 55.8 cm³/mol. The Morgan fingerprint density at radius 3 is 2.80 bits per heavy atom. The van der Waals surface area contributed by atoms with Gasteiger partial charge in [-0.2, -0.15) is 0 Å². The zero-order chi connectivity index (χ0) is 11.0. The molecule has 0 amide bonds. The van der Waals surface area contributed by atoms with Crippen LogP contribution in [-0.2, 0) is 0 Å². The van der Waals surface area contributed by atoms with E-state index in [1.54, 1.807) is 6.07 Å². The smallest absolute Gasteiger partial charge is 0.311 e. The highest BCUT2D eigenvalue weighted by molar-refractivity contribution is 5.59. The number of nitrogens with zero attached hydrogens (tertiary/aromatic N) is 3. The van der Waals surface area contributed by atoms with Crippen LogP contribution in [0.3, 0.4) is 0 Å². The van der Waals surface area contributed by atoms with E-state index in [0.29, 0.717) is 18.9 Å². The highest BCUT2D eigenvalue weighted by Crippen LogP contribution is 2.28. The zero-order valence-corrected chi connectivity index (χ0v) is 8.38. The fraction of sp³-hybridized carbons (Fsp3) is 0.444. The molecule has 0 unspecified atom stereocenters. The Morgan fingerprint density at radius 2 is 2.27 bits per heavy atom. The number of rotatable bonds is 2. The highest BCUT2D eigenvalue weighted by Gasteiger charge is 2.30. The van der Waals surface area contributed by atoms with Crippen molar-refractivity contribution in [3.8, 4) is 0 Å². The molecule has 0 radical (unpaired) electrons. The van der Waals surface area contributed by atoms with Crippen molar-refractivity contribution >= 4 is 11.5 Å². The van der Waals surface area contributed by atoms with Gasteiger partial charge in [-0.25, -0.2) is 4.98 Å². The van der Waals surface area contributed by atoms with Gasteiger partial charge in [0.05, 0.1) is 4.92 Å². The molecule has 2 heterocycles. The van der Waals surface area contributed by atoms with Crippen LogP contribution in [0.5, 0.6) is 0 Å². The molecule has 6 heteroatoms. The number of hydrogen-bond donors (Lipinski definition) is 1. The lowest BCUT2D eigenvalue weighted by molar-refractivity contribution is -0.384. The van der Waals surface area contributed by atoms with E-state index < -0.39 is 4.92 Å². The average Bonchev–Trinajstić information content (AvgIpc) is 2.12. The molecule has 1 saturated heterocycles. The molecule has 0 bridgehead atoms. The van der Waals surface area contributed by atoms with Crippen molar-refractivity contribution in [3.63, 3.8) is 0 Å². The summed E-state index contributed by atoms with van der Waals surface area (Å²) >= 11 is 0. The molecule has 0 saturated carbocycles. The number of nitrogens with two attached hydrogens (primary N) is 1. The van der Waals surface area contributed by atoms with Crippen LogP contribution in [0.1, 0.15) is 5.69 Å². The van der Waals surface area contributed by atoms with E-state index in [-0.39, 0.29) is 11.7 Å². The van der Waals surface area contributed by atoms with E-state index >= 15 is 0 Å². The minimum atomic E-state index is -0.411. The van der Waals surface area contributed by atoms with Crippen molar-refractivity contribution in [2.24, 2.45) is 5.73 Å². The summed E-state index contributed by atoms with van der Waals surface area (Å²) in [6, 6.07) is 3.23. The molecule has 0 aromatic carbocycles. The van der Waals surface area contributed by atoms with E-state index in [2.05, 4.69) is 4.98 Å². The molecular formula is C9H12N4O2. The molecule has 0 aliphatic carbocycles. The molecule has 0 spiro atoms. The third kappa shape index (κ3) is 1.75. The van der Waals surface area contributed by atoms with E-state index in [0.717, 1.165) is 5.69 Å². The van der Waals surface area contributed by atoms with Gasteiger partial charge in [0.1, 0.15) is 0 Å². The molecule has 1 aromatic heterocycles. The maximum atomic E-state index is 10.8. The third-order valence-electron chi connectivity index (χ3n) is 2.40. The Bertz CT molecular complexity index is 401. The number of aryl methyl sites for hydroxylation is 1. The molecule has 2 N–H and O–H groups in total. The number of nitro groups is 1. The first-order chi connectivity index (χ1) is 7.08. The van der Waals surface area contributed by atoms with E-state index in [9.17, 15) is 10.1 Å². The van der Waals surface area contributed by atoms with E-state index in [1.165, 1.54) is 6.07 Å². The van der Waals surface area contributed by atoms with Crippen molar-refractivity contribution in [1.29, 1.82) is 0 Å². The summed E-state index contributed by atoms with van der Waals surface area (Å²) in [4.78, 5) is 16.4. The molecule has 2 rings (SSSR count). The molecule has 1 aromatic rings. The van der Waals surface area contributed by atoms with Gasteiger partial charge >= 0.3 is 5.69 Å². The highest BCUT2D eigenvalue weighted by atomic mass is 16.6. The Labute approximate surface area is 86.9 Å². The second-order valence-corrected chi connectivity index (χ2v) is 3.72. The first kappa shape index (κ1) is 9.85. The van der Waals surface area contributed by atoms with Crippen molar-refractivity contribution in [2.75, 3.05) is 18.0 Å². The molecule has 1 fully saturated rings. The topological polar surface area (TPSA) is 85.3 Å². The van der Waals surface area contributed by atoms with Gasteiger partial charge in [-0.3, -0.25) is 10.1 Å². The Balaban J connectivity index is 2.35. The van der Waals surface area contributed by atoms with Crippen LogP contribution in [0.25, 0.3) is 0 Å². The van der Waals surface area contributed by atoms with Gasteiger partial charge in [0, 0.05) is 30.9 Å². The van der Waals surface area contributed by atoms with Crippen LogP contribution >= 0.6 is 0 Å². The molecule has 0 atom stereocenters. The maximum Gasteiger partial charge on any atom is 0.311 e. The van der Waals surface area contributed by atoms with Crippen molar-refractivity contribution < 1.29 is 4.92 Å². The van der Waals surface area contributed by atoms with Crippen molar-refractivity contribution in [3.05, 3.63) is 27.9 Å². The first-order valence-electron chi connectivity index (χ1n) is 4.70. The normalized spacial score (nSPS) is 16.3. The van der Waals surface area contributed by atoms with Gasteiger partial charge in [-0.1, -0.05) is 0 Å². The lowest BCUT2D eigenvalue weighted by Gasteiger charge is -2.37. The van der Waals surface area contributed by atoms with Crippen LogP contribution in [-0.4, -0.2) is 29.0 Å². The van der Waals surface area contributed by atoms with Crippen LogP contribution < -0.4 is 10.6 Å². The quantitative estimate of drug-likeness (QED) is 0.563. The van der Waals surface area contributed by atoms with E-state index in [1.807, 2.05) is 11.8 Å². The van der Waals surface area contributed by atoms with Crippen molar-refractivity contribution in [1.82, 2.24) is 4.98 Å². The fourth-order valence-corrected chi connectivity index (χ4v) is 1.60. The van der Waals surface area contributed by atoms with Crippen LogP contribution in [0.4, 0.5) is 11.5 Å². The second-order valence-electron chi connectivity index (χ2n) is 3.72. The van der Waals surface area contributed by atoms with Crippen LogP contribution in [0.2, 0.25) is 0 Å². The zero-order valence-electron chi connectivity index (χ0n) is 8.38. The minimum absolute atomic E-state index is 0.0486. The summed E-state index contributed by atoms with van der Waals surface area (Å²) in [6.07, 6.45) is 0. The van der Waals surface area contributed by atoms with Crippen molar-refractivity contribution in [2.45, 2.75) is 13.0 Å². The van der Waals surface area contributed by atoms with Crippen LogP contribution in [0, 0.1) is 17.0 Å². The summed E-state index contributed by atoms with van der Waals surface area (Å²) in [5.41, 5.74) is 6.45. The standard InChI is InChI=1S/C9H12N4O2/c1-6-2-3-8(13(14)15)9(11-6)12-4-7(10)5-12/h2-3,7H,4-5,10H2,1H3. The summed E-state index contributed by atoms with van der Waals surface area (Å²) in [5, 5.41) is 10.8. The number of hydrogen-bond acceptors (Lipinski definition) is 5. The summed E-state index contributed by atoms with van der Waals surface area (Å²) in [7, 11) is 0. The summed E-state index contributed by atoms with van der Waals surface area (Å²) in [5.74, 6) is 0.432. The Hall–Kier alpha value is -1.69. The fourth-order valence-electron chi connectivity index (χ4n) is 1.60. The molecule has 6 nitrogen and oxygen atoms in total. The minimum Gasteiger partial charge on any atom is -0.348 e. The largest absolute Gasteiger partial charge is 0.348 e. The first-order valence-corrected chi connectivity index (χ1v) is 4.70. The van der Waals surface area contributed by atoms with Crippen LogP contribution in [0.15, 0.2) is 12.1 Å². The number of pyridine rings is 1. The summed E-state index contributed by atoms with van der Waals surface area (Å²) < 4.78 is 0. The number of anilines is 1. The number of aromatic nitrogens is 1. The van der Waals surface area contributed by atoms with Gasteiger partial charge in [-0.15, -0.1) is 0 Å². The molecule has 15 heavy (non-hydrogen) atoms. The molecule has 1 aliphatic rings. The Kier molecular flexibility index (Phi) is 2.28. The predicted octanol–water partition coefficient (Wildman–Crippen LogP) is 0.446. The van der Waals surface area contributed by atoms with Gasteiger partial charge in [-0.05, 0) is 13.0 Å². The molecule has 1 aliphatic heterocycles. The van der Waals surface area contributed by atoms with E-state index in [4.69, 9.17) is 5.73 Å². The average molecular weight is 208 g/mol. The summed E-state index contributed by atoms with van der Waals surface area (Å²) in [6.45, 7) is 3.08. The monoisotopic (exact) mass is 208 g/mol. The third-order valence-corrected chi connectivity index (χ3v) is 2.40. The SMILES string of the molecule is Cc1ccc([N+](=O)[O-])c(N2CC(N)C2)n1. The molecule has 80 valence electrons. The van der Waals surface area contributed by atoms with Gasteiger partial charge in [0.25, 0.3) is 0 Å². The lowest BCUT2D eigenvalue weighted by Crippen LogP contribution is -2.56. The molecular weight excluding hydrogens is 196 g/mol. The Morgan fingerprint density at radius 1 is 1.60 bits per heavy atom. The maximum absolute atomic E-state index is 10.8. The van der Waals surface area contributed by atoms with Gasteiger partial charge in [0.15, 0.2) is 0 Å². The lowest BCUT2D eigenvalue weighted by atomic mass is 10.1. The van der Waals surface area contributed by atoms with Gasteiger partial charge in [0.2, 0.25) is 5.82 Å². The second kappa shape index (κ2) is 3.47. The van der Waals surface area contributed by atoms with Gasteiger partial charge < -0.3 is 10.6 Å².